The Labute approximate surface area is 111 Å². The molecule has 2 fully saturated rings. The summed E-state index contributed by atoms with van der Waals surface area (Å²) in [6.45, 7) is 7.04. The first kappa shape index (κ1) is 13.9. The Kier molecular flexibility index (Phi) is 4.00. The normalized spacial score (nSPS) is 23.9. The number of carboxylic acids is 1. The minimum absolute atomic E-state index is 0.518. The lowest BCUT2D eigenvalue weighted by Gasteiger charge is -2.54. The smallest absolute Gasteiger partial charge is 0.310 e. The zero-order chi connectivity index (χ0) is 13.2. The van der Waals surface area contributed by atoms with Crippen LogP contribution in [0.25, 0.3) is 0 Å². The molecule has 1 saturated heterocycles. The second kappa shape index (κ2) is 5.20. The largest absolute Gasteiger partial charge is 0.481 e. The van der Waals surface area contributed by atoms with Crippen LogP contribution in [0.3, 0.4) is 0 Å². The highest BCUT2D eigenvalue weighted by molar-refractivity contribution is 5.74. The Balaban J connectivity index is 1.90. The van der Waals surface area contributed by atoms with Crippen molar-refractivity contribution in [3.8, 4) is 0 Å². The van der Waals surface area contributed by atoms with E-state index in [0.29, 0.717) is 5.41 Å². The van der Waals surface area contributed by atoms with Crippen molar-refractivity contribution in [2.24, 2.45) is 10.8 Å². The van der Waals surface area contributed by atoms with Gasteiger partial charge in [-0.1, -0.05) is 33.1 Å². The van der Waals surface area contributed by atoms with Crippen LogP contribution >= 0.6 is 0 Å². The van der Waals surface area contributed by atoms with Crippen LogP contribution in [0.4, 0.5) is 0 Å². The Morgan fingerprint density at radius 2 is 1.72 bits per heavy atom. The molecule has 1 spiro atoms. The number of hydrogen-bond donors (Lipinski definition) is 1. The third-order valence-corrected chi connectivity index (χ3v) is 5.37. The average Bonchev–Trinajstić information content (AvgIpc) is 2.34. The fourth-order valence-corrected chi connectivity index (χ4v) is 3.90. The van der Waals surface area contributed by atoms with Crippen LogP contribution in [-0.2, 0) is 4.79 Å². The molecule has 0 bridgehead atoms. The van der Waals surface area contributed by atoms with Crippen molar-refractivity contribution in [1.82, 2.24) is 4.90 Å². The molecule has 1 N–H and O–H groups in total. The minimum Gasteiger partial charge on any atom is -0.481 e. The van der Waals surface area contributed by atoms with Gasteiger partial charge in [0.25, 0.3) is 0 Å². The summed E-state index contributed by atoms with van der Waals surface area (Å²) >= 11 is 0. The summed E-state index contributed by atoms with van der Waals surface area (Å²) in [6.07, 6.45) is 8.35. The number of hydrogen-bond acceptors (Lipinski definition) is 2. The van der Waals surface area contributed by atoms with Gasteiger partial charge in [0.2, 0.25) is 0 Å². The summed E-state index contributed by atoms with van der Waals surface area (Å²) in [5.41, 5.74) is 0.0419. The fourth-order valence-electron chi connectivity index (χ4n) is 3.90. The Hall–Kier alpha value is -0.570. The SMILES string of the molecule is CCC(CC)(CN1CC2(CCCCC2)C1)C(=O)O. The van der Waals surface area contributed by atoms with Gasteiger partial charge >= 0.3 is 5.97 Å². The average molecular weight is 253 g/mol. The van der Waals surface area contributed by atoms with E-state index in [2.05, 4.69) is 4.90 Å². The van der Waals surface area contributed by atoms with Crippen molar-refractivity contribution in [3.63, 3.8) is 0 Å². The zero-order valence-electron chi connectivity index (χ0n) is 11.9. The molecule has 0 aromatic carbocycles. The molecule has 0 amide bonds. The summed E-state index contributed by atoms with van der Waals surface area (Å²) in [4.78, 5) is 13.9. The number of carboxylic acid groups (broad SMARTS) is 1. The Morgan fingerprint density at radius 1 is 1.17 bits per heavy atom. The highest BCUT2D eigenvalue weighted by Crippen LogP contribution is 2.45. The van der Waals surface area contributed by atoms with Crippen molar-refractivity contribution >= 4 is 5.97 Å². The Morgan fingerprint density at radius 3 is 2.17 bits per heavy atom. The van der Waals surface area contributed by atoms with Crippen LogP contribution in [0, 0.1) is 10.8 Å². The maximum Gasteiger partial charge on any atom is 0.310 e. The molecular formula is C15H27NO2. The van der Waals surface area contributed by atoms with E-state index in [1.54, 1.807) is 0 Å². The summed E-state index contributed by atoms with van der Waals surface area (Å²) in [7, 11) is 0. The van der Waals surface area contributed by atoms with Crippen molar-refractivity contribution in [1.29, 1.82) is 0 Å². The van der Waals surface area contributed by atoms with Crippen molar-refractivity contribution in [2.75, 3.05) is 19.6 Å². The van der Waals surface area contributed by atoms with Gasteiger partial charge < -0.3 is 10.0 Å². The topological polar surface area (TPSA) is 40.5 Å². The van der Waals surface area contributed by atoms with E-state index >= 15 is 0 Å². The van der Waals surface area contributed by atoms with E-state index in [1.165, 1.54) is 32.1 Å². The first-order chi connectivity index (χ1) is 8.56. The molecule has 0 aromatic heterocycles. The lowest BCUT2D eigenvalue weighted by atomic mass is 9.67. The molecule has 18 heavy (non-hydrogen) atoms. The standard InChI is InChI=1S/C15H27NO2/c1-3-15(4-2,13(17)18)12-16-10-14(11-16)8-6-5-7-9-14/h3-12H2,1-2H3,(H,17,18). The first-order valence-electron chi connectivity index (χ1n) is 7.52. The Bertz CT molecular complexity index is 296. The quantitative estimate of drug-likeness (QED) is 0.818. The summed E-state index contributed by atoms with van der Waals surface area (Å²) in [5, 5.41) is 9.47. The van der Waals surface area contributed by atoms with Crippen molar-refractivity contribution in [3.05, 3.63) is 0 Å². The van der Waals surface area contributed by atoms with Crippen molar-refractivity contribution in [2.45, 2.75) is 58.8 Å². The van der Waals surface area contributed by atoms with Crippen LogP contribution in [0.5, 0.6) is 0 Å². The highest BCUT2D eigenvalue weighted by atomic mass is 16.4. The van der Waals surface area contributed by atoms with Gasteiger partial charge in [0.1, 0.15) is 0 Å². The van der Waals surface area contributed by atoms with E-state index < -0.39 is 11.4 Å². The van der Waals surface area contributed by atoms with E-state index in [1.807, 2.05) is 13.8 Å². The van der Waals surface area contributed by atoms with Crippen LogP contribution in [-0.4, -0.2) is 35.6 Å². The van der Waals surface area contributed by atoms with Crippen LogP contribution in [0.1, 0.15) is 58.8 Å². The minimum atomic E-state index is -0.614. The van der Waals surface area contributed by atoms with Gasteiger partial charge in [-0.15, -0.1) is 0 Å². The number of aliphatic carboxylic acids is 1. The van der Waals surface area contributed by atoms with E-state index in [0.717, 1.165) is 32.5 Å². The molecule has 0 radical (unpaired) electrons. The predicted octanol–water partition coefficient (Wildman–Crippen LogP) is 3.14. The summed E-state index contributed by atoms with van der Waals surface area (Å²) < 4.78 is 0. The molecular weight excluding hydrogens is 226 g/mol. The summed E-state index contributed by atoms with van der Waals surface area (Å²) in [6, 6.07) is 0. The third kappa shape index (κ3) is 2.42. The van der Waals surface area contributed by atoms with Crippen LogP contribution in [0.15, 0.2) is 0 Å². The van der Waals surface area contributed by atoms with Crippen LogP contribution < -0.4 is 0 Å². The summed E-state index contributed by atoms with van der Waals surface area (Å²) in [5.74, 6) is -0.614. The maximum absolute atomic E-state index is 11.5. The van der Waals surface area contributed by atoms with E-state index in [4.69, 9.17) is 0 Å². The van der Waals surface area contributed by atoms with Gasteiger partial charge in [0.05, 0.1) is 5.41 Å². The molecule has 3 heteroatoms. The lowest BCUT2D eigenvalue weighted by molar-refractivity contribution is -0.154. The monoisotopic (exact) mass is 253 g/mol. The maximum atomic E-state index is 11.5. The second-order valence-corrected chi connectivity index (χ2v) is 6.50. The lowest BCUT2D eigenvalue weighted by Crippen LogP contribution is -2.60. The molecule has 0 unspecified atom stereocenters. The molecule has 0 atom stereocenters. The number of likely N-dealkylation sites (tertiary alicyclic amines) is 1. The number of carbonyl (C=O) groups is 1. The molecule has 1 aliphatic carbocycles. The number of nitrogens with zero attached hydrogens (tertiary/aromatic N) is 1. The van der Waals surface area contributed by atoms with Gasteiger partial charge in [-0.25, -0.2) is 0 Å². The van der Waals surface area contributed by atoms with Gasteiger partial charge in [-0.2, -0.15) is 0 Å². The molecule has 3 nitrogen and oxygen atoms in total. The second-order valence-electron chi connectivity index (χ2n) is 6.50. The fraction of sp³-hybridized carbons (Fsp3) is 0.933. The highest BCUT2D eigenvalue weighted by Gasteiger charge is 2.47. The van der Waals surface area contributed by atoms with E-state index in [-0.39, 0.29) is 0 Å². The predicted molar refractivity (Wildman–Crippen MR) is 72.6 cm³/mol. The van der Waals surface area contributed by atoms with Gasteiger partial charge in [0.15, 0.2) is 0 Å². The molecule has 104 valence electrons. The zero-order valence-corrected chi connectivity index (χ0v) is 11.9. The third-order valence-electron chi connectivity index (χ3n) is 5.37. The van der Waals surface area contributed by atoms with Gasteiger partial charge in [-0.05, 0) is 31.1 Å². The molecule has 1 heterocycles. The molecule has 1 saturated carbocycles. The molecule has 1 aliphatic heterocycles. The molecule has 2 rings (SSSR count). The molecule has 2 aliphatic rings. The first-order valence-corrected chi connectivity index (χ1v) is 7.52. The van der Waals surface area contributed by atoms with Gasteiger partial charge in [0, 0.05) is 19.6 Å². The van der Waals surface area contributed by atoms with Crippen molar-refractivity contribution < 1.29 is 9.90 Å². The van der Waals surface area contributed by atoms with Crippen LogP contribution in [0.2, 0.25) is 0 Å². The van der Waals surface area contributed by atoms with E-state index in [9.17, 15) is 9.90 Å². The van der Waals surface area contributed by atoms with Gasteiger partial charge in [-0.3, -0.25) is 4.79 Å². The molecule has 0 aromatic rings. The number of rotatable bonds is 5.